The summed E-state index contributed by atoms with van der Waals surface area (Å²) < 4.78 is 5.47. The molecule has 23 heavy (non-hydrogen) atoms. The first-order valence-electron chi connectivity index (χ1n) is 8.24. The van der Waals surface area contributed by atoms with E-state index < -0.39 is 11.2 Å². The predicted octanol–water partition coefficient (Wildman–Crippen LogP) is 3.25. The van der Waals surface area contributed by atoms with E-state index in [2.05, 4.69) is 25.6 Å². The maximum absolute atomic E-state index is 11.5. The SMILES string of the molecule is C=CC[C@@]1(O)[C@H]2[C@H](c3ccccc3)[C@@H](C)[C@@H]1C=C(OC)[C@]2(C)O. The first-order chi connectivity index (χ1) is 10.9. The van der Waals surface area contributed by atoms with Gasteiger partial charge >= 0.3 is 0 Å². The van der Waals surface area contributed by atoms with Crippen LogP contribution in [-0.4, -0.2) is 28.5 Å². The smallest absolute Gasteiger partial charge is 0.124 e. The van der Waals surface area contributed by atoms with Crippen LogP contribution >= 0.6 is 0 Å². The highest BCUT2D eigenvalue weighted by molar-refractivity contribution is 5.37. The van der Waals surface area contributed by atoms with Crippen molar-refractivity contribution < 1.29 is 14.9 Å². The topological polar surface area (TPSA) is 49.7 Å². The van der Waals surface area contributed by atoms with E-state index in [1.807, 2.05) is 24.3 Å². The number of benzene rings is 1. The lowest BCUT2D eigenvalue weighted by molar-refractivity contribution is -0.128. The fourth-order valence-electron chi connectivity index (χ4n) is 5.06. The first-order valence-corrected chi connectivity index (χ1v) is 8.24. The maximum atomic E-state index is 11.5. The second kappa shape index (κ2) is 5.50. The van der Waals surface area contributed by atoms with Crippen LogP contribution in [0.4, 0.5) is 0 Å². The molecule has 2 N–H and O–H groups in total. The van der Waals surface area contributed by atoms with Gasteiger partial charge in [-0.25, -0.2) is 0 Å². The Morgan fingerprint density at radius 2 is 1.91 bits per heavy atom. The Morgan fingerprint density at radius 3 is 2.48 bits per heavy atom. The number of fused-ring (bicyclic) bond motifs is 2. The molecule has 0 heterocycles. The summed E-state index contributed by atoms with van der Waals surface area (Å²) in [4.78, 5) is 0. The van der Waals surface area contributed by atoms with Crippen molar-refractivity contribution >= 4 is 0 Å². The number of rotatable bonds is 4. The summed E-state index contributed by atoms with van der Waals surface area (Å²) in [6.45, 7) is 7.72. The van der Waals surface area contributed by atoms with Crippen LogP contribution in [0.15, 0.2) is 54.8 Å². The largest absolute Gasteiger partial charge is 0.498 e. The van der Waals surface area contributed by atoms with Crippen molar-refractivity contribution in [2.24, 2.45) is 17.8 Å². The monoisotopic (exact) mass is 314 g/mol. The molecule has 124 valence electrons. The van der Waals surface area contributed by atoms with Gasteiger partial charge in [0.15, 0.2) is 0 Å². The molecule has 0 spiro atoms. The minimum absolute atomic E-state index is 0.0602. The number of hydrogen-bond donors (Lipinski definition) is 2. The van der Waals surface area contributed by atoms with Crippen LogP contribution < -0.4 is 0 Å². The second-order valence-electron chi connectivity index (χ2n) is 7.17. The van der Waals surface area contributed by atoms with E-state index in [-0.39, 0.29) is 23.7 Å². The van der Waals surface area contributed by atoms with E-state index in [4.69, 9.17) is 4.74 Å². The van der Waals surface area contributed by atoms with Gasteiger partial charge < -0.3 is 14.9 Å². The van der Waals surface area contributed by atoms with E-state index in [0.29, 0.717) is 12.2 Å². The summed E-state index contributed by atoms with van der Waals surface area (Å²) in [5.41, 5.74) is -1.07. The van der Waals surface area contributed by atoms with Crippen LogP contribution in [0.3, 0.4) is 0 Å². The fraction of sp³-hybridized carbons (Fsp3) is 0.500. The molecule has 1 saturated carbocycles. The zero-order valence-corrected chi connectivity index (χ0v) is 14.1. The Morgan fingerprint density at radius 1 is 1.26 bits per heavy atom. The first kappa shape index (κ1) is 16.3. The summed E-state index contributed by atoms with van der Waals surface area (Å²) in [5.74, 6) is 0.421. The molecule has 0 unspecified atom stereocenters. The molecule has 3 rings (SSSR count). The molecule has 3 nitrogen and oxygen atoms in total. The Labute approximate surface area is 138 Å². The van der Waals surface area contributed by atoms with E-state index in [9.17, 15) is 10.2 Å². The molecule has 6 atom stereocenters. The van der Waals surface area contributed by atoms with Crippen molar-refractivity contribution in [2.45, 2.75) is 37.4 Å². The molecule has 2 aliphatic carbocycles. The van der Waals surface area contributed by atoms with Crippen molar-refractivity contribution in [3.8, 4) is 0 Å². The Kier molecular flexibility index (Phi) is 3.89. The lowest BCUT2D eigenvalue weighted by Gasteiger charge is -2.47. The molecule has 0 amide bonds. The van der Waals surface area contributed by atoms with Gasteiger partial charge in [0.05, 0.1) is 12.7 Å². The lowest BCUT2D eigenvalue weighted by atomic mass is 9.65. The molecule has 2 aliphatic rings. The van der Waals surface area contributed by atoms with E-state index in [1.54, 1.807) is 20.1 Å². The Hall–Kier alpha value is -1.58. The third kappa shape index (κ3) is 2.18. The van der Waals surface area contributed by atoms with Gasteiger partial charge in [-0.2, -0.15) is 0 Å². The van der Waals surface area contributed by atoms with Gasteiger partial charge in [0.1, 0.15) is 11.4 Å². The van der Waals surface area contributed by atoms with Gasteiger partial charge in [0.25, 0.3) is 0 Å². The molecule has 0 radical (unpaired) electrons. The molecule has 1 fully saturated rings. The lowest BCUT2D eigenvalue weighted by Crippen LogP contribution is -2.55. The standard InChI is InChI=1S/C20H26O3/c1-5-11-20(22)15-12-16(23-4)19(3,21)18(20)17(13(15)2)14-9-7-6-8-10-14/h5-10,12-13,15,17-18,21-22H,1,11H2,2-4H3/t13-,15-,17-,18-,19-,20-/m0/s1. The molecule has 1 aromatic rings. The molecule has 2 bridgehead atoms. The fourth-order valence-corrected chi connectivity index (χ4v) is 5.06. The minimum Gasteiger partial charge on any atom is -0.498 e. The highest BCUT2D eigenvalue weighted by Crippen LogP contribution is 2.63. The predicted molar refractivity (Wildman–Crippen MR) is 90.8 cm³/mol. The molecular formula is C20H26O3. The van der Waals surface area contributed by atoms with Crippen LogP contribution in [0.5, 0.6) is 0 Å². The zero-order valence-electron chi connectivity index (χ0n) is 14.1. The summed E-state index contributed by atoms with van der Waals surface area (Å²) in [6, 6.07) is 10.2. The average Bonchev–Trinajstić information content (AvgIpc) is 2.67. The third-order valence-corrected chi connectivity index (χ3v) is 5.92. The van der Waals surface area contributed by atoms with Crippen LogP contribution in [0.1, 0.15) is 31.7 Å². The molecule has 3 heteroatoms. The summed E-state index contributed by atoms with van der Waals surface area (Å²) in [6.07, 6.45) is 4.13. The normalized spacial score (nSPS) is 42.2. The molecule has 0 aliphatic heterocycles. The van der Waals surface area contributed by atoms with Gasteiger partial charge in [-0.1, -0.05) is 43.3 Å². The third-order valence-electron chi connectivity index (χ3n) is 5.92. The van der Waals surface area contributed by atoms with E-state index in [0.717, 1.165) is 5.56 Å². The van der Waals surface area contributed by atoms with Gasteiger partial charge in [0.2, 0.25) is 0 Å². The highest BCUT2D eigenvalue weighted by Gasteiger charge is 2.66. The molecule has 0 aromatic heterocycles. The summed E-state index contributed by atoms with van der Waals surface area (Å²) in [7, 11) is 1.58. The van der Waals surface area contributed by atoms with Crippen molar-refractivity contribution in [2.75, 3.05) is 7.11 Å². The Balaban J connectivity index is 2.18. The van der Waals surface area contributed by atoms with Crippen molar-refractivity contribution in [3.05, 3.63) is 60.4 Å². The maximum Gasteiger partial charge on any atom is 0.124 e. The van der Waals surface area contributed by atoms with Crippen molar-refractivity contribution in [3.63, 3.8) is 0 Å². The van der Waals surface area contributed by atoms with Gasteiger partial charge in [-0.15, -0.1) is 6.58 Å². The van der Waals surface area contributed by atoms with Crippen LogP contribution in [0.2, 0.25) is 0 Å². The van der Waals surface area contributed by atoms with Crippen LogP contribution in [-0.2, 0) is 4.74 Å². The van der Waals surface area contributed by atoms with Gasteiger partial charge in [0, 0.05) is 11.8 Å². The molecule has 1 aromatic carbocycles. The summed E-state index contributed by atoms with van der Waals surface area (Å²) >= 11 is 0. The summed E-state index contributed by atoms with van der Waals surface area (Å²) in [5, 5.41) is 22.7. The number of aliphatic hydroxyl groups is 2. The van der Waals surface area contributed by atoms with Crippen molar-refractivity contribution in [1.82, 2.24) is 0 Å². The second-order valence-corrected chi connectivity index (χ2v) is 7.17. The zero-order chi connectivity index (χ0) is 16.8. The van der Waals surface area contributed by atoms with Crippen molar-refractivity contribution in [1.29, 1.82) is 0 Å². The van der Waals surface area contributed by atoms with Gasteiger partial charge in [-0.3, -0.25) is 0 Å². The molecule has 0 saturated heterocycles. The quantitative estimate of drug-likeness (QED) is 0.839. The van der Waals surface area contributed by atoms with E-state index in [1.165, 1.54) is 0 Å². The van der Waals surface area contributed by atoms with Crippen LogP contribution in [0.25, 0.3) is 0 Å². The Bertz CT molecular complexity index is 619. The molecular weight excluding hydrogens is 288 g/mol. The van der Waals surface area contributed by atoms with E-state index >= 15 is 0 Å². The highest BCUT2D eigenvalue weighted by atomic mass is 16.5. The van der Waals surface area contributed by atoms with Crippen LogP contribution in [0, 0.1) is 17.8 Å². The average molecular weight is 314 g/mol. The van der Waals surface area contributed by atoms with Gasteiger partial charge in [-0.05, 0) is 36.8 Å². The number of ether oxygens (including phenoxy) is 1. The minimum atomic E-state index is -1.21. The number of hydrogen-bond acceptors (Lipinski definition) is 3. The number of methoxy groups -OCH3 is 1.